The van der Waals surface area contributed by atoms with E-state index in [-0.39, 0.29) is 18.5 Å². The van der Waals surface area contributed by atoms with Gasteiger partial charge in [0.2, 0.25) is 11.8 Å². The van der Waals surface area contributed by atoms with Crippen molar-refractivity contribution in [2.75, 3.05) is 5.32 Å². The van der Waals surface area contributed by atoms with Gasteiger partial charge in [0.25, 0.3) is 0 Å². The minimum atomic E-state index is -0.519. The second kappa shape index (κ2) is 8.71. The van der Waals surface area contributed by atoms with Crippen LogP contribution in [0.15, 0.2) is 71.8 Å². The number of hydrazone groups is 1. The molecular weight excluding hydrogens is 345 g/mol. The first-order chi connectivity index (χ1) is 13.1. The number of anilines is 1. The van der Waals surface area contributed by atoms with Crippen molar-refractivity contribution in [1.82, 2.24) is 5.43 Å². The molecule has 0 bridgehead atoms. The summed E-state index contributed by atoms with van der Waals surface area (Å²) in [5, 5.41) is 8.50. The van der Waals surface area contributed by atoms with Gasteiger partial charge in [-0.05, 0) is 22.9 Å². The fourth-order valence-electron chi connectivity index (χ4n) is 2.60. The minimum absolute atomic E-state index is 0.0484. The molecule has 2 amide bonds. The van der Waals surface area contributed by atoms with E-state index in [1.807, 2.05) is 42.5 Å². The van der Waals surface area contributed by atoms with Crippen LogP contribution in [-0.2, 0) is 9.59 Å². The number of carbonyl (C=O) groups is 2. The molecule has 2 N–H and O–H groups in total. The summed E-state index contributed by atoms with van der Waals surface area (Å²) in [4.78, 5) is 23.7. The number of nitrogens with zero attached hydrogens (tertiary/aromatic N) is 1. The summed E-state index contributed by atoms with van der Waals surface area (Å²) in [6, 6.07) is 19.6. The van der Waals surface area contributed by atoms with Crippen molar-refractivity contribution in [1.29, 1.82) is 0 Å². The first-order valence-corrected chi connectivity index (χ1v) is 8.47. The van der Waals surface area contributed by atoms with Crippen LogP contribution in [0, 0.1) is 5.82 Å². The van der Waals surface area contributed by atoms with Crippen molar-refractivity contribution < 1.29 is 14.0 Å². The molecule has 5 nitrogen and oxygen atoms in total. The normalized spacial score (nSPS) is 10.9. The number of nitrogens with one attached hydrogen (secondary N) is 2. The van der Waals surface area contributed by atoms with Crippen LogP contribution < -0.4 is 10.7 Å². The predicted molar refractivity (Wildman–Crippen MR) is 104 cm³/mol. The summed E-state index contributed by atoms with van der Waals surface area (Å²) in [7, 11) is 0. The van der Waals surface area contributed by atoms with Crippen molar-refractivity contribution in [3.63, 3.8) is 0 Å². The Morgan fingerprint density at radius 3 is 2.44 bits per heavy atom. The Morgan fingerprint density at radius 2 is 1.59 bits per heavy atom. The van der Waals surface area contributed by atoms with Crippen LogP contribution >= 0.6 is 0 Å². The molecule has 27 heavy (non-hydrogen) atoms. The highest BCUT2D eigenvalue weighted by Gasteiger charge is 2.09. The standard InChI is InChI=1S/C21H18FN3O2/c22-18-10-3-4-11-19(18)24-20(26)12-13-21(27)25-23-14-16-8-5-7-15-6-1-2-9-17(15)16/h1-11,14H,12-13H2,(H,24,26)(H,25,27). The Labute approximate surface area is 155 Å². The third-order valence-corrected chi connectivity index (χ3v) is 3.94. The quantitative estimate of drug-likeness (QED) is 0.516. The van der Waals surface area contributed by atoms with Crippen LogP contribution in [0.1, 0.15) is 18.4 Å². The van der Waals surface area contributed by atoms with Gasteiger partial charge in [0, 0.05) is 18.4 Å². The lowest BCUT2D eigenvalue weighted by molar-refractivity contribution is -0.124. The Kier molecular flexibility index (Phi) is 5.89. The van der Waals surface area contributed by atoms with Gasteiger partial charge in [0.1, 0.15) is 5.82 Å². The summed E-state index contributed by atoms with van der Waals surface area (Å²) in [6.07, 6.45) is 1.46. The third-order valence-electron chi connectivity index (χ3n) is 3.94. The van der Waals surface area contributed by atoms with E-state index in [0.29, 0.717) is 0 Å². The van der Waals surface area contributed by atoms with Gasteiger partial charge in [0.15, 0.2) is 0 Å². The van der Waals surface area contributed by atoms with Crippen molar-refractivity contribution >= 4 is 34.5 Å². The first-order valence-electron chi connectivity index (χ1n) is 8.47. The highest BCUT2D eigenvalue weighted by molar-refractivity contribution is 6.00. The maximum Gasteiger partial charge on any atom is 0.240 e. The monoisotopic (exact) mass is 363 g/mol. The molecule has 0 aliphatic heterocycles. The number of carbonyl (C=O) groups excluding carboxylic acids is 2. The molecule has 0 spiro atoms. The number of para-hydroxylation sites is 1. The molecule has 0 unspecified atom stereocenters. The van der Waals surface area contributed by atoms with Crippen LogP contribution in [0.2, 0.25) is 0 Å². The van der Waals surface area contributed by atoms with E-state index in [2.05, 4.69) is 15.8 Å². The summed E-state index contributed by atoms with van der Waals surface area (Å²) in [5.41, 5.74) is 3.38. The Morgan fingerprint density at radius 1 is 0.889 bits per heavy atom. The molecule has 136 valence electrons. The van der Waals surface area contributed by atoms with Crippen LogP contribution in [0.5, 0.6) is 0 Å². The second-order valence-corrected chi connectivity index (χ2v) is 5.89. The molecule has 0 saturated carbocycles. The van der Waals surface area contributed by atoms with Crippen LogP contribution in [0.4, 0.5) is 10.1 Å². The molecule has 0 atom stereocenters. The fraction of sp³-hybridized carbons (Fsp3) is 0.0952. The fourth-order valence-corrected chi connectivity index (χ4v) is 2.60. The van der Waals surface area contributed by atoms with Crippen LogP contribution in [-0.4, -0.2) is 18.0 Å². The van der Waals surface area contributed by atoms with Gasteiger partial charge in [-0.3, -0.25) is 9.59 Å². The lowest BCUT2D eigenvalue weighted by atomic mass is 10.1. The maximum absolute atomic E-state index is 13.5. The number of halogens is 1. The molecule has 6 heteroatoms. The zero-order valence-corrected chi connectivity index (χ0v) is 14.5. The van der Waals surface area contributed by atoms with Crippen molar-refractivity contribution in [2.24, 2.45) is 5.10 Å². The van der Waals surface area contributed by atoms with Gasteiger partial charge in [-0.15, -0.1) is 0 Å². The van der Waals surface area contributed by atoms with E-state index in [9.17, 15) is 14.0 Å². The first kappa shape index (κ1) is 18.3. The highest BCUT2D eigenvalue weighted by Crippen LogP contribution is 2.16. The molecule has 3 rings (SSSR count). The minimum Gasteiger partial charge on any atom is -0.324 e. The second-order valence-electron chi connectivity index (χ2n) is 5.89. The van der Waals surface area contributed by atoms with Crippen molar-refractivity contribution in [2.45, 2.75) is 12.8 Å². The Bertz CT molecular complexity index is 996. The van der Waals surface area contributed by atoms with Crippen LogP contribution in [0.3, 0.4) is 0 Å². The molecule has 3 aromatic rings. The largest absolute Gasteiger partial charge is 0.324 e. The smallest absolute Gasteiger partial charge is 0.240 e. The van der Waals surface area contributed by atoms with Gasteiger partial charge in [-0.25, -0.2) is 9.82 Å². The number of benzene rings is 3. The van der Waals surface area contributed by atoms with Gasteiger partial charge in [-0.1, -0.05) is 54.6 Å². The molecule has 0 heterocycles. The van der Waals surface area contributed by atoms with Gasteiger partial charge >= 0.3 is 0 Å². The van der Waals surface area contributed by atoms with E-state index in [1.54, 1.807) is 12.3 Å². The van der Waals surface area contributed by atoms with Crippen molar-refractivity contribution in [3.05, 3.63) is 78.1 Å². The van der Waals surface area contributed by atoms with Crippen LogP contribution in [0.25, 0.3) is 10.8 Å². The number of hydrogen-bond acceptors (Lipinski definition) is 3. The molecule has 0 radical (unpaired) electrons. The molecule has 0 aliphatic carbocycles. The van der Waals surface area contributed by atoms with E-state index >= 15 is 0 Å². The lowest BCUT2D eigenvalue weighted by Gasteiger charge is -2.05. The lowest BCUT2D eigenvalue weighted by Crippen LogP contribution is -2.21. The number of rotatable bonds is 6. The van der Waals surface area contributed by atoms with Gasteiger partial charge < -0.3 is 5.32 Å². The SMILES string of the molecule is O=C(CCC(=O)Nc1ccccc1F)NN=Cc1cccc2ccccc12. The summed E-state index contributed by atoms with van der Waals surface area (Å²) < 4.78 is 13.5. The average Bonchev–Trinajstić information content (AvgIpc) is 2.68. The average molecular weight is 363 g/mol. The van der Waals surface area contributed by atoms with E-state index in [0.717, 1.165) is 16.3 Å². The summed E-state index contributed by atoms with van der Waals surface area (Å²) in [5.74, 6) is -1.35. The maximum atomic E-state index is 13.5. The molecular formula is C21H18FN3O2. The van der Waals surface area contributed by atoms with E-state index in [1.165, 1.54) is 18.2 Å². The molecule has 3 aromatic carbocycles. The van der Waals surface area contributed by atoms with Gasteiger partial charge in [-0.2, -0.15) is 5.10 Å². The zero-order valence-electron chi connectivity index (χ0n) is 14.5. The summed E-state index contributed by atoms with van der Waals surface area (Å²) in [6.45, 7) is 0. The van der Waals surface area contributed by atoms with E-state index in [4.69, 9.17) is 0 Å². The third kappa shape index (κ3) is 4.98. The molecule has 0 saturated heterocycles. The zero-order chi connectivity index (χ0) is 19.1. The predicted octanol–water partition coefficient (Wildman–Crippen LogP) is 3.85. The molecule has 0 aromatic heterocycles. The van der Waals surface area contributed by atoms with Gasteiger partial charge in [0.05, 0.1) is 11.9 Å². The van der Waals surface area contributed by atoms with Crippen molar-refractivity contribution in [3.8, 4) is 0 Å². The number of hydrogen-bond donors (Lipinski definition) is 2. The highest BCUT2D eigenvalue weighted by atomic mass is 19.1. The molecule has 0 fully saturated rings. The molecule has 0 aliphatic rings. The Hall–Kier alpha value is -3.54. The topological polar surface area (TPSA) is 70.6 Å². The summed E-state index contributed by atoms with van der Waals surface area (Å²) >= 11 is 0. The Balaban J connectivity index is 1.50. The van der Waals surface area contributed by atoms with E-state index < -0.39 is 17.6 Å². The number of amides is 2. The number of fused-ring (bicyclic) bond motifs is 1.